The standard InChI is InChI=1S/C23H22F3NO5S/c24-23(25,26)15-7-6-13(22-21(31)20(30)19(29)16(11-28)32-22)8-14(15)9-18-27-10-17(33-18)12-4-2-1-3-5-12/h1-8,10,16,19-22,28-31H,9,11H2/t16-,19-,20+,21-,22+/m1/s1. The van der Waals surface area contributed by atoms with Gasteiger partial charge in [0.25, 0.3) is 0 Å². The van der Waals surface area contributed by atoms with Crippen molar-refractivity contribution >= 4 is 11.3 Å². The summed E-state index contributed by atoms with van der Waals surface area (Å²) in [7, 11) is 0. The van der Waals surface area contributed by atoms with E-state index in [1.165, 1.54) is 17.4 Å². The van der Waals surface area contributed by atoms with Crippen LogP contribution in [0.15, 0.2) is 54.7 Å². The second-order valence-electron chi connectivity index (χ2n) is 7.82. The number of benzene rings is 2. The quantitative estimate of drug-likeness (QED) is 0.447. The van der Waals surface area contributed by atoms with Gasteiger partial charge in [-0.3, -0.25) is 0 Å². The lowest BCUT2D eigenvalue weighted by Crippen LogP contribution is -2.55. The number of aliphatic hydroxyl groups is 4. The summed E-state index contributed by atoms with van der Waals surface area (Å²) in [4.78, 5) is 5.10. The second-order valence-corrected chi connectivity index (χ2v) is 8.94. The molecular formula is C23H22F3NO5S. The molecule has 6 nitrogen and oxygen atoms in total. The van der Waals surface area contributed by atoms with Gasteiger partial charge in [0.2, 0.25) is 0 Å². The molecule has 1 saturated heterocycles. The molecule has 33 heavy (non-hydrogen) atoms. The molecule has 3 aromatic rings. The minimum absolute atomic E-state index is 0.0640. The van der Waals surface area contributed by atoms with Crippen molar-refractivity contribution in [1.29, 1.82) is 0 Å². The van der Waals surface area contributed by atoms with Crippen LogP contribution in [0.25, 0.3) is 10.4 Å². The lowest BCUT2D eigenvalue weighted by Gasteiger charge is -2.40. The summed E-state index contributed by atoms with van der Waals surface area (Å²) in [6.45, 7) is -0.629. The van der Waals surface area contributed by atoms with Crippen molar-refractivity contribution in [2.75, 3.05) is 6.61 Å². The summed E-state index contributed by atoms with van der Waals surface area (Å²) in [5.41, 5.74) is 0.195. The first-order valence-electron chi connectivity index (χ1n) is 10.2. The van der Waals surface area contributed by atoms with Crippen LogP contribution in [0.2, 0.25) is 0 Å². The maximum absolute atomic E-state index is 13.7. The number of hydrogen-bond donors (Lipinski definition) is 4. The highest BCUT2D eigenvalue weighted by atomic mass is 32.1. The van der Waals surface area contributed by atoms with E-state index in [4.69, 9.17) is 4.74 Å². The summed E-state index contributed by atoms with van der Waals surface area (Å²) in [6.07, 6.45) is -10.2. The molecule has 2 heterocycles. The average Bonchev–Trinajstić information content (AvgIpc) is 3.26. The third kappa shape index (κ3) is 4.96. The van der Waals surface area contributed by atoms with Gasteiger partial charge >= 0.3 is 6.18 Å². The molecule has 1 fully saturated rings. The first-order valence-corrected chi connectivity index (χ1v) is 11.0. The van der Waals surface area contributed by atoms with Gasteiger partial charge in [-0.25, -0.2) is 4.98 Å². The maximum atomic E-state index is 13.7. The summed E-state index contributed by atoms with van der Waals surface area (Å²) < 4.78 is 46.6. The highest BCUT2D eigenvalue weighted by Crippen LogP contribution is 2.38. The van der Waals surface area contributed by atoms with Gasteiger partial charge in [0.1, 0.15) is 30.5 Å². The molecule has 1 aliphatic heterocycles. The van der Waals surface area contributed by atoms with Gasteiger partial charge < -0.3 is 25.2 Å². The van der Waals surface area contributed by atoms with E-state index in [1.807, 2.05) is 30.3 Å². The summed E-state index contributed by atoms with van der Waals surface area (Å²) in [5.74, 6) is 0. The van der Waals surface area contributed by atoms with Crippen LogP contribution in [0.3, 0.4) is 0 Å². The molecule has 0 radical (unpaired) electrons. The fraction of sp³-hybridized carbons (Fsp3) is 0.348. The summed E-state index contributed by atoms with van der Waals surface area (Å²) >= 11 is 1.28. The van der Waals surface area contributed by atoms with Crippen molar-refractivity contribution in [2.45, 2.75) is 43.1 Å². The molecular weight excluding hydrogens is 459 g/mol. The fourth-order valence-electron chi connectivity index (χ4n) is 3.88. The zero-order valence-electron chi connectivity index (χ0n) is 17.2. The van der Waals surface area contributed by atoms with Gasteiger partial charge in [0, 0.05) is 12.6 Å². The number of halogens is 3. The number of thiazole rings is 1. The SMILES string of the molecule is OC[C@H]1O[C@@H](c2ccc(C(F)(F)F)c(Cc3ncc(-c4ccccc4)s3)c2)[C@H](O)[C@@H](O)[C@@H]1O. The number of nitrogens with zero attached hydrogens (tertiary/aromatic N) is 1. The van der Waals surface area contributed by atoms with Gasteiger partial charge in [-0.15, -0.1) is 11.3 Å². The van der Waals surface area contributed by atoms with Crippen molar-refractivity contribution in [3.8, 4) is 10.4 Å². The Morgan fingerprint density at radius 3 is 2.36 bits per heavy atom. The van der Waals surface area contributed by atoms with Gasteiger partial charge in [0.05, 0.1) is 22.1 Å². The molecule has 0 amide bonds. The normalized spacial score (nSPS) is 25.8. The summed E-state index contributed by atoms with van der Waals surface area (Å²) in [5, 5.41) is 40.3. The monoisotopic (exact) mass is 481 g/mol. The van der Waals surface area contributed by atoms with Crippen LogP contribution in [0, 0.1) is 0 Å². The molecule has 0 aliphatic carbocycles. The number of hydrogen-bond acceptors (Lipinski definition) is 7. The van der Waals surface area contributed by atoms with Gasteiger partial charge in [-0.1, -0.05) is 42.5 Å². The van der Waals surface area contributed by atoms with Gasteiger partial charge in [-0.2, -0.15) is 13.2 Å². The fourth-order valence-corrected chi connectivity index (χ4v) is 4.83. The zero-order chi connectivity index (χ0) is 23.8. The van der Waals surface area contributed by atoms with Crippen molar-refractivity contribution < 1.29 is 38.3 Å². The van der Waals surface area contributed by atoms with Crippen molar-refractivity contribution in [2.24, 2.45) is 0 Å². The largest absolute Gasteiger partial charge is 0.416 e. The van der Waals surface area contributed by atoms with Gasteiger partial charge in [0.15, 0.2) is 0 Å². The first kappa shape index (κ1) is 23.8. The highest BCUT2D eigenvalue weighted by molar-refractivity contribution is 7.15. The Kier molecular flexibility index (Phi) is 6.85. The summed E-state index contributed by atoms with van der Waals surface area (Å²) in [6, 6.07) is 12.7. The number of aromatic nitrogens is 1. The molecule has 0 bridgehead atoms. The predicted molar refractivity (Wildman–Crippen MR) is 115 cm³/mol. The highest BCUT2D eigenvalue weighted by Gasteiger charge is 2.44. The third-order valence-electron chi connectivity index (χ3n) is 5.61. The number of aliphatic hydroxyl groups excluding tert-OH is 4. The molecule has 1 aromatic heterocycles. The van der Waals surface area contributed by atoms with Crippen LogP contribution in [-0.4, -0.2) is 56.4 Å². The van der Waals surface area contributed by atoms with Crippen molar-refractivity contribution in [1.82, 2.24) is 4.98 Å². The van der Waals surface area contributed by atoms with E-state index < -0.39 is 48.9 Å². The van der Waals surface area contributed by atoms with E-state index in [9.17, 15) is 33.6 Å². The van der Waals surface area contributed by atoms with Crippen LogP contribution in [-0.2, 0) is 17.3 Å². The van der Waals surface area contributed by atoms with Crippen molar-refractivity contribution in [3.63, 3.8) is 0 Å². The van der Waals surface area contributed by atoms with Crippen LogP contribution in [0.1, 0.15) is 27.8 Å². The van der Waals surface area contributed by atoms with Gasteiger partial charge in [-0.05, 0) is 22.8 Å². The number of rotatable bonds is 5. The second kappa shape index (κ2) is 9.49. The molecule has 5 atom stereocenters. The number of alkyl halides is 3. The molecule has 0 unspecified atom stereocenters. The average molecular weight is 481 g/mol. The lowest BCUT2D eigenvalue weighted by molar-refractivity contribution is -0.231. The van der Waals surface area contributed by atoms with Crippen molar-refractivity contribution in [3.05, 3.63) is 76.4 Å². The molecule has 0 saturated carbocycles. The van der Waals surface area contributed by atoms with Crippen LogP contribution in [0.4, 0.5) is 13.2 Å². The molecule has 0 spiro atoms. The Balaban J connectivity index is 1.67. The Bertz CT molecular complexity index is 1090. The van der Waals surface area contributed by atoms with E-state index in [-0.39, 0.29) is 17.5 Å². The molecule has 2 aromatic carbocycles. The van der Waals surface area contributed by atoms with E-state index in [0.717, 1.165) is 22.6 Å². The molecule has 1 aliphatic rings. The topological polar surface area (TPSA) is 103 Å². The van der Waals surface area contributed by atoms with Crippen LogP contribution in [0.5, 0.6) is 0 Å². The Morgan fingerprint density at radius 2 is 1.70 bits per heavy atom. The molecule has 4 rings (SSSR count). The smallest absolute Gasteiger partial charge is 0.394 e. The Morgan fingerprint density at radius 1 is 0.970 bits per heavy atom. The lowest BCUT2D eigenvalue weighted by atomic mass is 9.89. The minimum atomic E-state index is -4.61. The van der Waals surface area contributed by atoms with E-state index >= 15 is 0 Å². The predicted octanol–water partition coefficient (Wildman–Crippen LogP) is 2.93. The first-order chi connectivity index (χ1) is 15.7. The Labute approximate surface area is 191 Å². The number of ether oxygens (including phenoxy) is 1. The third-order valence-corrected chi connectivity index (χ3v) is 6.66. The molecule has 10 heteroatoms. The van der Waals surface area contributed by atoms with E-state index in [0.29, 0.717) is 5.01 Å². The van der Waals surface area contributed by atoms with Crippen LogP contribution >= 0.6 is 11.3 Å². The van der Waals surface area contributed by atoms with E-state index in [2.05, 4.69) is 4.98 Å². The Hall–Kier alpha value is -2.34. The zero-order valence-corrected chi connectivity index (χ0v) is 18.0. The minimum Gasteiger partial charge on any atom is -0.394 e. The van der Waals surface area contributed by atoms with Crippen LogP contribution < -0.4 is 0 Å². The molecule has 4 N–H and O–H groups in total. The van der Waals surface area contributed by atoms with E-state index in [1.54, 1.807) is 6.20 Å². The molecule has 176 valence electrons. The maximum Gasteiger partial charge on any atom is 0.416 e.